The number of hydrogen-bond donors (Lipinski definition) is 1. The number of carbonyl (C=O) groups excluding carboxylic acids is 1. The Morgan fingerprint density at radius 2 is 1.75 bits per heavy atom. The molecule has 0 unspecified atom stereocenters. The van der Waals surface area contributed by atoms with Gasteiger partial charge in [0.25, 0.3) is 0 Å². The maximum atomic E-state index is 12.4. The quantitative estimate of drug-likeness (QED) is 0.900. The van der Waals surface area contributed by atoms with E-state index in [1.807, 2.05) is 24.3 Å². The van der Waals surface area contributed by atoms with Crippen molar-refractivity contribution >= 4 is 17.7 Å². The highest BCUT2D eigenvalue weighted by molar-refractivity contribution is 5.93. The van der Waals surface area contributed by atoms with E-state index in [2.05, 4.69) is 6.92 Å². The maximum Gasteiger partial charge on any atom is 0.324 e. The first-order valence-corrected chi connectivity index (χ1v) is 6.71. The van der Waals surface area contributed by atoms with Crippen LogP contribution in [0.5, 0.6) is 0 Å². The molecule has 0 heterocycles. The van der Waals surface area contributed by atoms with Gasteiger partial charge in [-0.05, 0) is 38.0 Å². The number of carbonyl (C=O) groups is 2. The van der Waals surface area contributed by atoms with E-state index in [0.717, 1.165) is 12.1 Å². The molecule has 1 rings (SSSR count). The minimum Gasteiger partial charge on any atom is -0.480 e. The van der Waals surface area contributed by atoms with Gasteiger partial charge in [0, 0.05) is 18.8 Å². The lowest BCUT2D eigenvalue weighted by molar-refractivity contribution is -0.137. The van der Waals surface area contributed by atoms with Crippen LogP contribution in [0.1, 0.15) is 26.3 Å². The summed E-state index contributed by atoms with van der Waals surface area (Å²) in [5, 5.41) is 8.89. The topological polar surface area (TPSA) is 60.9 Å². The summed E-state index contributed by atoms with van der Waals surface area (Å²) in [6.45, 7) is 5.37. The fourth-order valence-corrected chi connectivity index (χ4v) is 1.88. The highest BCUT2D eigenvalue weighted by Gasteiger charge is 2.23. The predicted octanol–water partition coefficient (Wildman–Crippen LogP) is 2.60. The summed E-state index contributed by atoms with van der Waals surface area (Å²) in [6.07, 6.45) is 0.940. The Morgan fingerprint density at radius 1 is 1.20 bits per heavy atom. The minimum atomic E-state index is -1.01. The van der Waals surface area contributed by atoms with E-state index in [4.69, 9.17) is 5.11 Å². The lowest BCUT2D eigenvalue weighted by atomic mass is 10.1. The first-order chi connectivity index (χ1) is 9.36. The van der Waals surface area contributed by atoms with Crippen LogP contribution in [0.25, 0.3) is 0 Å². The zero-order chi connectivity index (χ0) is 15.3. The number of rotatable bonds is 5. The summed E-state index contributed by atoms with van der Waals surface area (Å²) < 4.78 is 0. The fraction of sp³-hybridized carbons (Fsp3) is 0.467. The second kappa shape index (κ2) is 6.93. The predicted molar refractivity (Wildman–Crippen MR) is 79.1 cm³/mol. The second-order valence-electron chi connectivity index (χ2n) is 4.98. The maximum absolute atomic E-state index is 12.4. The SMILES string of the molecule is CCc1ccc(N(C)C(=O)N(CC(=O)O)C(C)C)cc1. The minimum absolute atomic E-state index is 0.170. The smallest absolute Gasteiger partial charge is 0.324 e. The summed E-state index contributed by atoms with van der Waals surface area (Å²) in [4.78, 5) is 26.0. The van der Waals surface area contributed by atoms with E-state index >= 15 is 0 Å². The molecule has 20 heavy (non-hydrogen) atoms. The third kappa shape index (κ3) is 3.98. The van der Waals surface area contributed by atoms with E-state index in [1.54, 1.807) is 20.9 Å². The Bertz CT molecular complexity index is 469. The van der Waals surface area contributed by atoms with Gasteiger partial charge in [0.05, 0.1) is 0 Å². The van der Waals surface area contributed by atoms with E-state index in [1.165, 1.54) is 15.4 Å². The summed E-state index contributed by atoms with van der Waals surface area (Å²) >= 11 is 0. The number of urea groups is 1. The molecule has 0 aliphatic heterocycles. The van der Waals surface area contributed by atoms with Crippen LogP contribution >= 0.6 is 0 Å². The molecule has 2 amide bonds. The Kier molecular flexibility index (Phi) is 5.55. The lowest BCUT2D eigenvalue weighted by Gasteiger charge is -2.30. The molecule has 0 aromatic heterocycles. The molecule has 0 atom stereocenters. The number of nitrogens with zero attached hydrogens (tertiary/aromatic N) is 2. The highest BCUT2D eigenvalue weighted by atomic mass is 16.4. The fourth-order valence-electron chi connectivity index (χ4n) is 1.88. The van der Waals surface area contributed by atoms with E-state index in [9.17, 15) is 9.59 Å². The third-order valence-corrected chi connectivity index (χ3v) is 3.19. The molecule has 1 aromatic carbocycles. The Hall–Kier alpha value is -2.04. The first-order valence-electron chi connectivity index (χ1n) is 6.71. The van der Waals surface area contributed by atoms with Crippen molar-refractivity contribution in [1.82, 2.24) is 4.90 Å². The second-order valence-corrected chi connectivity index (χ2v) is 4.98. The number of carboxylic acid groups (broad SMARTS) is 1. The van der Waals surface area contributed by atoms with Crippen molar-refractivity contribution in [2.75, 3.05) is 18.5 Å². The van der Waals surface area contributed by atoms with Gasteiger partial charge in [-0.2, -0.15) is 0 Å². The number of hydrogen-bond acceptors (Lipinski definition) is 2. The highest BCUT2D eigenvalue weighted by Crippen LogP contribution is 2.16. The largest absolute Gasteiger partial charge is 0.480 e. The zero-order valence-electron chi connectivity index (χ0n) is 12.5. The normalized spacial score (nSPS) is 10.4. The molecule has 1 aromatic rings. The van der Waals surface area contributed by atoms with E-state index in [0.29, 0.717) is 0 Å². The van der Waals surface area contributed by atoms with Crippen LogP contribution in [0.3, 0.4) is 0 Å². The molecular weight excluding hydrogens is 256 g/mol. The molecule has 5 nitrogen and oxygen atoms in total. The Labute approximate surface area is 119 Å². The molecule has 0 radical (unpaired) electrons. The molecule has 0 aliphatic rings. The number of aryl methyl sites for hydroxylation is 1. The van der Waals surface area contributed by atoms with Crippen molar-refractivity contribution in [2.24, 2.45) is 0 Å². The van der Waals surface area contributed by atoms with Gasteiger partial charge in [-0.1, -0.05) is 19.1 Å². The van der Waals surface area contributed by atoms with Crippen molar-refractivity contribution < 1.29 is 14.7 Å². The van der Waals surface area contributed by atoms with Crippen molar-refractivity contribution in [3.05, 3.63) is 29.8 Å². The van der Waals surface area contributed by atoms with Gasteiger partial charge in [-0.3, -0.25) is 9.69 Å². The van der Waals surface area contributed by atoms with Crippen molar-refractivity contribution in [3.8, 4) is 0 Å². The van der Waals surface area contributed by atoms with Gasteiger partial charge in [-0.15, -0.1) is 0 Å². The van der Waals surface area contributed by atoms with Gasteiger partial charge in [0.1, 0.15) is 6.54 Å². The number of amides is 2. The van der Waals surface area contributed by atoms with Gasteiger partial charge < -0.3 is 10.0 Å². The average Bonchev–Trinajstić information content (AvgIpc) is 2.43. The Morgan fingerprint density at radius 3 is 2.15 bits per heavy atom. The molecule has 0 spiro atoms. The molecule has 1 N–H and O–H groups in total. The monoisotopic (exact) mass is 278 g/mol. The van der Waals surface area contributed by atoms with Crippen LogP contribution in [0, 0.1) is 0 Å². The number of carboxylic acids is 1. The molecule has 0 bridgehead atoms. The summed E-state index contributed by atoms with van der Waals surface area (Å²) in [6, 6.07) is 7.19. The Balaban J connectivity index is 2.89. The molecule has 110 valence electrons. The summed E-state index contributed by atoms with van der Waals surface area (Å²) in [5.41, 5.74) is 1.95. The van der Waals surface area contributed by atoms with Crippen molar-refractivity contribution in [2.45, 2.75) is 33.2 Å². The van der Waals surface area contributed by atoms with Crippen molar-refractivity contribution in [3.63, 3.8) is 0 Å². The number of anilines is 1. The summed E-state index contributed by atoms with van der Waals surface area (Å²) in [5.74, 6) is -1.01. The number of aliphatic carboxylic acids is 1. The number of benzene rings is 1. The van der Waals surface area contributed by atoms with Crippen LogP contribution in [-0.2, 0) is 11.2 Å². The van der Waals surface area contributed by atoms with Crippen LogP contribution in [0.15, 0.2) is 24.3 Å². The van der Waals surface area contributed by atoms with Gasteiger partial charge in [0.15, 0.2) is 0 Å². The average molecular weight is 278 g/mol. The molecule has 0 saturated heterocycles. The van der Waals surface area contributed by atoms with Gasteiger partial charge in [0.2, 0.25) is 0 Å². The van der Waals surface area contributed by atoms with Crippen LogP contribution < -0.4 is 4.90 Å². The molecular formula is C15H22N2O3. The molecule has 0 saturated carbocycles. The van der Waals surface area contributed by atoms with Crippen LogP contribution in [0.2, 0.25) is 0 Å². The zero-order valence-corrected chi connectivity index (χ0v) is 12.5. The summed E-state index contributed by atoms with van der Waals surface area (Å²) in [7, 11) is 1.65. The molecule has 0 fully saturated rings. The molecule has 0 aliphatic carbocycles. The van der Waals surface area contributed by atoms with Crippen LogP contribution in [-0.4, -0.2) is 41.6 Å². The van der Waals surface area contributed by atoms with Crippen molar-refractivity contribution in [1.29, 1.82) is 0 Å². The van der Waals surface area contributed by atoms with E-state index in [-0.39, 0.29) is 18.6 Å². The molecule has 5 heteroatoms. The van der Waals surface area contributed by atoms with Gasteiger partial charge >= 0.3 is 12.0 Å². The third-order valence-electron chi connectivity index (χ3n) is 3.19. The standard InChI is InChI=1S/C15H22N2O3/c1-5-12-6-8-13(9-7-12)16(4)15(20)17(11(2)3)10-14(18)19/h6-9,11H,5,10H2,1-4H3,(H,18,19). The van der Waals surface area contributed by atoms with Crippen LogP contribution in [0.4, 0.5) is 10.5 Å². The lowest BCUT2D eigenvalue weighted by Crippen LogP contribution is -2.47. The van der Waals surface area contributed by atoms with Gasteiger partial charge in [-0.25, -0.2) is 4.79 Å². The van der Waals surface area contributed by atoms with E-state index < -0.39 is 5.97 Å². The first kappa shape index (κ1) is 16.0.